The monoisotopic (exact) mass is 682 g/mol. The van der Waals surface area contributed by atoms with Crippen molar-refractivity contribution < 1.29 is 0 Å². The van der Waals surface area contributed by atoms with Gasteiger partial charge in [-0.25, -0.2) is 0 Å². The molecule has 0 fully saturated rings. The number of dihydropyridines is 2. The molecule has 4 nitrogen and oxygen atoms in total. The molecule has 2 aromatic heterocycles. The van der Waals surface area contributed by atoms with E-state index in [1.54, 1.807) is 0 Å². The number of alkyl halides is 4. The molecule has 2 N–H and O–H groups in total. The van der Waals surface area contributed by atoms with Crippen LogP contribution in [0.4, 0.5) is 0 Å². The molecule has 5 unspecified atom stereocenters. The third-order valence-corrected chi connectivity index (χ3v) is 11.0. The van der Waals surface area contributed by atoms with Crippen molar-refractivity contribution in [2.45, 2.75) is 25.4 Å². The Bertz CT molecular complexity index is 1050. The van der Waals surface area contributed by atoms with Crippen LogP contribution < -0.4 is 10.6 Å². The summed E-state index contributed by atoms with van der Waals surface area (Å²) in [4.78, 5) is 9.32. The van der Waals surface area contributed by atoms with Crippen LogP contribution >= 0.6 is 63.7 Å². The Morgan fingerprint density at radius 3 is 2.25 bits per heavy atom. The van der Waals surface area contributed by atoms with Crippen LogP contribution in [0.15, 0.2) is 90.7 Å². The minimum atomic E-state index is 0.00152. The zero-order valence-electron chi connectivity index (χ0n) is 17.0. The van der Waals surface area contributed by atoms with E-state index in [2.05, 4.69) is 121 Å². The number of hydrogen-bond acceptors (Lipinski definition) is 4. The quantitative estimate of drug-likeness (QED) is 0.319. The third-order valence-electron chi connectivity index (χ3n) is 5.38. The first-order chi connectivity index (χ1) is 15.5. The molecule has 2 aromatic rings. The smallest absolute Gasteiger partial charge is 0.0871 e. The first-order valence-electron chi connectivity index (χ1n) is 10.2. The van der Waals surface area contributed by atoms with Gasteiger partial charge in [0.1, 0.15) is 0 Å². The summed E-state index contributed by atoms with van der Waals surface area (Å²) in [6.45, 7) is 0.852. The maximum Gasteiger partial charge on any atom is 0.0871 e. The first-order valence-corrected chi connectivity index (χ1v) is 13.9. The van der Waals surface area contributed by atoms with Gasteiger partial charge in [-0.1, -0.05) is 75.9 Å². The second kappa shape index (κ2) is 11.3. The van der Waals surface area contributed by atoms with E-state index in [9.17, 15) is 0 Å². The van der Waals surface area contributed by atoms with Crippen molar-refractivity contribution in [3.05, 3.63) is 108 Å². The lowest BCUT2D eigenvalue weighted by molar-refractivity contribution is 0.706. The normalized spacial score (nSPS) is 21.4. The molecule has 2 aliphatic rings. The SMILES string of the molecule is BrC(C1=CCNC=C1)C(Br)C1=CC(c2cc(C(Br)C(Br)c3ccncc3)ccn2)NC=C1. The average Bonchev–Trinajstić information content (AvgIpc) is 2.88. The second-order valence-corrected chi connectivity index (χ2v) is 11.4. The molecule has 166 valence electrons. The average molecular weight is 686 g/mol. The van der Waals surface area contributed by atoms with E-state index in [4.69, 9.17) is 0 Å². The molecule has 4 heterocycles. The third kappa shape index (κ3) is 5.64. The summed E-state index contributed by atoms with van der Waals surface area (Å²) in [5.41, 5.74) is 5.79. The molecule has 0 aromatic carbocycles. The molecule has 5 atom stereocenters. The van der Waals surface area contributed by atoms with Crippen LogP contribution in [0, 0.1) is 0 Å². The molecule has 8 heteroatoms. The number of nitrogens with zero attached hydrogens (tertiary/aromatic N) is 2. The van der Waals surface area contributed by atoms with Crippen molar-refractivity contribution >= 4 is 63.7 Å². The lowest BCUT2D eigenvalue weighted by Gasteiger charge is -2.26. The van der Waals surface area contributed by atoms with E-state index in [1.165, 1.54) is 22.3 Å². The Labute approximate surface area is 222 Å². The molecular weight excluding hydrogens is 664 g/mol. The van der Waals surface area contributed by atoms with Crippen molar-refractivity contribution in [3.63, 3.8) is 0 Å². The lowest BCUT2D eigenvalue weighted by Crippen LogP contribution is -2.25. The maximum atomic E-state index is 4.66. The molecule has 32 heavy (non-hydrogen) atoms. The van der Waals surface area contributed by atoms with Crippen molar-refractivity contribution in [1.82, 2.24) is 20.6 Å². The highest BCUT2D eigenvalue weighted by molar-refractivity contribution is 9.12. The number of nitrogens with one attached hydrogen (secondary N) is 2. The Morgan fingerprint density at radius 1 is 0.812 bits per heavy atom. The van der Waals surface area contributed by atoms with E-state index in [1.807, 2.05) is 43.1 Å². The minimum Gasteiger partial charge on any atom is -0.387 e. The van der Waals surface area contributed by atoms with Gasteiger partial charge in [-0.05, 0) is 71.1 Å². The highest BCUT2D eigenvalue weighted by atomic mass is 79.9. The number of aromatic nitrogens is 2. The molecular formula is C24H22Br4N4. The fourth-order valence-corrected chi connectivity index (χ4v) is 6.06. The van der Waals surface area contributed by atoms with E-state index in [-0.39, 0.29) is 25.4 Å². The molecule has 0 saturated heterocycles. The van der Waals surface area contributed by atoms with E-state index >= 15 is 0 Å². The number of rotatable bonds is 7. The second-order valence-electron chi connectivity index (χ2n) is 7.49. The van der Waals surface area contributed by atoms with Crippen LogP contribution in [0.2, 0.25) is 0 Å². The van der Waals surface area contributed by atoms with Crippen LogP contribution in [-0.4, -0.2) is 26.2 Å². The number of halogens is 4. The highest BCUT2D eigenvalue weighted by Gasteiger charge is 2.26. The largest absolute Gasteiger partial charge is 0.387 e. The summed E-state index contributed by atoms with van der Waals surface area (Å²) < 4.78 is 0. The van der Waals surface area contributed by atoms with Crippen LogP contribution in [0.25, 0.3) is 0 Å². The van der Waals surface area contributed by atoms with Gasteiger partial charge in [0.05, 0.1) is 31.0 Å². The molecule has 0 spiro atoms. The zero-order valence-corrected chi connectivity index (χ0v) is 23.3. The maximum absolute atomic E-state index is 4.66. The van der Waals surface area contributed by atoms with Gasteiger partial charge in [-0.15, -0.1) is 0 Å². The summed E-state index contributed by atoms with van der Waals surface area (Å²) in [5, 5.41) is 6.64. The number of pyridine rings is 2. The van der Waals surface area contributed by atoms with Gasteiger partial charge in [0.25, 0.3) is 0 Å². The summed E-state index contributed by atoms with van der Waals surface area (Å²) in [7, 11) is 0. The Hall–Kier alpha value is -1.22. The van der Waals surface area contributed by atoms with Gasteiger partial charge in [0, 0.05) is 25.1 Å². The fourth-order valence-electron chi connectivity index (χ4n) is 3.60. The van der Waals surface area contributed by atoms with Crippen LogP contribution in [0.1, 0.15) is 32.5 Å². The highest BCUT2D eigenvalue weighted by Crippen LogP contribution is 2.42. The zero-order chi connectivity index (χ0) is 22.5. The van der Waals surface area contributed by atoms with Gasteiger partial charge in [-0.2, -0.15) is 0 Å². The van der Waals surface area contributed by atoms with Gasteiger partial charge in [0.15, 0.2) is 0 Å². The Morgan fingerprint density at radius 2 is 1.50 bits per heavy atom. The van der Waals surface area contributed by atoms with Gasteiger partial charge in [-0.3, -0.25) is 9.97 Å². The summed E-state index contributed by atoms with van der Waals surface area (Å²) in [6.07, 6.45) is 18.2. The fraction of sp³-hybridized carbons (Fsp3) is 0.250. The number of allylic oxidation sites excluding steroid dienone is 4. The van der Waals surface area contributed by atoms with Crippen LogP contribution in [0.5, 0.6) is 0 Å². The first kappa shape index (κ1) is 23.9. The van der Waals surface area contributed by atoms with Crippen molar-refractivity contribution in [2.75, 3.05) is 6.54 Å². The Balaban J connectivity index is 1.52. The summed E-state index contributed by atoms with van der Waals surface area (Å²) in [5.74, 6) is 0. The predicted molar refractivity (Wildman–Crippen MR) is 146 cm³/mol. The van der Waals surface area contributed by atoms with Gasteiger partial charge >= 0.3 is 0 Å². The molecule has 0 amide bonds. The van der Waals surface area contributed by atoms with E-state index in [0.29, 0.717) is 0 Å². The van der Waals surface area contributed by atoms with Crippen LogP contribution in [0.3, 0.4) is 0 Å². The molecule has 2 aliphatic heterocycles. The van der Waals surface area contributed by atoms with Crippen molar-refractivity contribution in [2.24, 2.45) is 0 Å². The molecule has 0 bridgehead atoms. The van der Waals surface area contributed by atoms with Crippen LogP contribution in [-0.2, 0) is 0 Å². The van der Waals surface area contributed by atoms with Crippen molar-refractivity contribution in [3.8, 4) is 0 Å². The molecule has 0 saturated carbocycles. The van der Waals surface area contributed by atoms with Crippen molar-refractivity contribution in [1.29, 1.82) is 0 Å². The van der Waals surface area contributed by atoms with Gasteiger partial charge in [0.2, 0.25) is 0 Å². The molecule has 0 aliphatic carbocycles. The molecule has 0 radical (unpaired) electrons. The summed E-state index contributed by atoms with van der Waals surface area (Å²) in [6, 6.07) is 8.27. The topological polar surface area (TPSA) is 49.8 Å². The minimum absolute atomic E-state index is 0.00152. The molecule has 4 rings (SSSR count). The van der Waals surface area contributed by atoms with E-state index < -0.39 is 0 Å². The number of hydrogen-bond donors (Lipinski definition) is 2. The lowest BCUT2D eigenvalue weighted by atomic mass is 9.97. The Kier molecular flexibility index (Phi) is 8.43. The summed E-state index contributed by atoms with van der Waals surface area (Å²) >= 11 is 15.5. The predicted octanol–water partition coefficient (Wildman–Crippen LogP) is 6.70. The van der Waals surface area contributed by atoms with E-state index in [0.717, 1.165) is 12.2 Å². The standard InChI is InChI=1S/C24H22Br4N4/c25-21(15-1-7-29-8-2-15)23(27)17-5-11-31-19(13-17)20-14-18(6-12-32-20)24(28)22(26)16-3-9-30-10-4-16/h1-9,11-14,20-24,30,32H,10H2. The van der Waals surface area contributed by atoms with Gasteiger partial charge < -0.3 is 10.6 Å².